The summed E-state index contributed by atoms with van der Waals surface area (Å²) in [6, 6.07) is 32.2. The maximum Gasteiger partial charge on any atom is 0.187 e. The first kappa shape index (κ1) is 15.8. The Morgan fingerprint density at radius 1 is 0.615 bits per heavy atom. The first-order valence-electron chi connectivity index (χ1n) is 8.45. The van der Waals surface area contributed by atoms with Crippen molar-refractivity contribution in [2.24, 2.45) is 0 Å². The topological polar surface area (TPSA) is 17.2 Å². The van der Waals surface area contributed by atoms with E-state index in [2.05, 4.69) is 35.2 Å². The maximum absolute atomic E-state index is 7.23. The molecule has 2 nitrogen and oxygen atoms in total. The summed E-state index contributed by atoms with van der Waals surface area (Å²) in [6.07, 6.45) is 0. The van der Waals surface area contributed by atoms with Crippen LogP contribution in [0.15, 0.2) is 97.1 Å². The molecule has 4 aromatic rings. The third-order valence-corrected chi connectivity index (χ3v) is 4.30. The van der Waals surface area contributed by atoms with Gasteiger partial charge in [0, 0.05) is 11.1 Å². The van der Waals surface area contributed by atoms with E-state index in [0.29, 0.717) is 5.69 Å². The Morgan fingerprint density at radius 2 is 1.27 bits per heavy atom. The van der Waals surface area contributed by atoms with Gasteiger partial charge in [0.25, 0.3) is 0 Å². The number of pyridine rings is 1. The van der Waals surface area contributed by atoms with Crippen molar-refractivity contribution < 1.29 is 0 Å². The van der Waals surface area contributed by atoms with Gasteiger partial charge in [-0.05, 0) is 23.3 Å². The SMILES string of the molecule is [C-]#[N+]c1cccc(-c2ccc(-c3ccccc3)c(-c3ccccc3)n2)c1. The van der Waals surface area contributed by atoms with Gasteiger partial charge in [-0.1, -0.05) is 84.9 Å². The average Bonchev–Trinajstić information content (AvgIpc) is 2.74. The highest BCUT2D eigenvalue weighted by molar-refractivity contribution is 5.83. The zero-order chi connectivity index (χ0) is 17.8. The lowest BCUT2D eigenvalue weighted by Crippen LogP contribution is -1.92. The standard InChI is InChI=1S/C24H16N2/c1-25-21-14-8-13-20(17-21)23-16-15-22(18-9-4-2-5-10-18)24(26-23)19-11-6-3-7-12-19/h2-17H. The summed E-state index contributed by atoms with van der Waals surface area (Å²) < 4.78 is 0. The molecule has 0 N–H and O–H groups in total. The lowest BCUT2D eigenvalue weighted by Gasteiger charge is -2.12. The first-order valence-corrected chi connectivity index (χ1v) is 8.45. The highest BCUT2D eigenvalue weighted by atomic mass is 14.7. The number of benzene rings is 3. The molecule has 0 atom stereocenters. The van der Waals surface area contributed by atoms with Gasteiger partial charge in [-0.3, -0.25) is 0 Å². The molecule has 3 aromatic carbocycles. The van der Waals surface area contributed by atoms with Crippen molar-refractivity contribution in [1.82, 2.24) is 4.98 Å². The number of hydrogen-bond donors (Lipinski definition) is 0. The number of nitrogens with zero attached hydrogens (tertiary/aromatic N) is 2. The Balaban J connectivity index is 1.91. The van der Waals surface area contributed by atoms with E-state index < -0.39 is 0 Å². The summed E-state index contributed by atoms with van der Waals surface area (Å²) in [5.41, 5.74) is 6.71. The fourth-order valence-corrected chi connectivity index (χ4v) is 3.02. The minimum absolute atomic E-state index is 0.623. The highest BCUT2D eigenvalue weighted by Gasteiger charge is 2.11. The Kier molecular flexibility index (Phi) is 4.28. The molecule has 0 amide bonds. The van der Waals surface area contributed by atoms with Crippen molar-refractivity contribution >= 4 is 5.69 Å². The summed E-state index contributed by atoms with van der Waals surface area (Å²) in [4.78, 5) is 8.49. The molecule has 1 aromatic heterocycles. The molecule has 0 unspecified atom stereocenters. The van der Waals surface area contributed by atoms with E-state index in [1.807, 2.05) is 66.7 Å². The Bertz CT molecular complexity index is 1080. The van der Waals surface area contributed by atoms with Gasteiger partial charge in [0.2, 0.25) is 0 Å². The minimum Gasteiger partial charge on any atom is -0.247 e. The predicted molar refractivity (Wildman–Crippen MR) is 107 cm³/mol. The fourth-order valence-electron chi connectivity index (χ4n) is 3.02. The van der Waals surface area contributed by atoms with Crippen LogP contribution in [0, 0.1) is 6.57 Å². The van der Waals surface area contributed by atoms with Gasteiger partial charge >= 0.3 is 0 Å². The summed E-state index contributed by atoms with van der Waals surface area (Å²) in [6.45, 7) is 7.23. The van der Waals surface area contributed by atoms with Gasteiger partial charge in [0.1, 0.15) is 0 Å². The quantitative estimate of drug-likeness (QED) is 0.385. The molecule has 0 aliphatic carbocycles. The maximum atomic E-state index is 7.23. The molecule has 0 radical (unpaired) electrons. The molecular formula is C24H16N2. The van der Waals surface area contributed by atoms with E-state index in [4.69, 9.17) is 11.6 Å². The predicted octanol–water partition coefficient (Wildman–Crippen LogP) is 6.63. The van der Waals surface area contributed by atoms with Crippen LogP contribution in [0.1, 0.15) is 0 Å². The summed E-state index contributed by atoms with van der Waals surface area (Å²) in [7, 11) is 0. The van der Waals surface area contributed by atoms with Gasteiger partial charge in [-0.2, -0.15) is 0 Å². The van der Waals surface area contributed by atoms with Crippen molar-refractivity contribution in [3.63, 3.8) is 0 Å². The lowest BCUT2D eigenvalue weighted by atomic mass is 9.98. The van der Waals surface area contributed by atoms with E-state index in [0.717, 1.165) is 33.6 Å². The average molecular weight is 332 g/mol. The molecule has 122 valence electrons. The van der Waals surface area contributed by atoms with Gasteiger partial charge in [-0.15, -0.1) is 0 Å². The van der Waals surface area contributed by atoms with Crippen LogP contribution in [0.4, 0.5) is 5.69 Å². The highest BCUT2D eigenvalue weighted by Crippen LogP contribution is 2.33. The number of rotatable bonds is 3. The molecule has 0 spiro atoms. The molecule has 2 heteroatoms. The first-order chi connectivity index (χ1) is 12.8. The van der Waals surface area contributed by atoms with Crippen LogP contribution in [-0.2, 0) is 0 Å². The van der Waals surface area contributed by atoms with Crippen LogP contribution in [-0.4, -0.2) is 4.98 Å². The normalized spacial score (nSPS) is 10.3. The Hall–Kier alpha value is -3.70. The third kappa shape index (κ3) is 3.11. The third-order valence-electron chi connectivity index (χ3n) is 4.30. The van der Waals surface area contributed by atoms with Crippen molar-refractivity contribution in [2.75, 3.05) is 0 Å². The largest absolute Gasteiger partial charge is 0.247 e. The molecule has 26 heavy (non-hydrogen) atoms. The van der Waals surface area contributed by atoms with Crippen molar-refractivity contribution in [2.45, 2.75) is 0 Å². The van der Waals surface area contributed by atoms with Crippen LogP contribution in [0.2, 0.25) is 0 Å². The lowest BCUT2D eigenvalue weighted by molar-refractivity contribution is 1.32. The van der Waals surface area contributed by atoms with E-state index in [1.165, 1.54) is 0 Å². The van der Waals surface area contributed by atoms with E-state index >= 15 is 0 Å². The summed E-state index contributed by atoms with van der Waals surface area (Å²) >= 11 is 0. The molecule has 4 rings (SSSR count). The smallest absolute Gasteiger partial charge is 0.187 e. The van der Waals surface area contributed by atoms with Crippen LogP contribution in [0.25, 0.3) is 38.5 Å². The zero-order valence-electron chi connectivity index (χ0n) is 14.1. The molecule has 0 saturated carbocycles. The second-order valence-electron chi connectivity index (χ2n) is 5.99. The zero-order valence-corrected chi connectivity index (χ0v) is 14.1. The van der Waals surface area contributed by atoms with Crippen molar-refractivity contribution in [3.8, 4) is 33.6 Å². The summed E-state index contributed by atoms with van der Waals surface area (Å²) in [5.74, 6) is 0. The van der Waals surface area contributed by atoms with Gasteiger partial charge in [0.05, 0.1) is 18.0 Å². The van der Waals surface area contributed by atoms with E-state index in [1.54, 1.807) is 0 Å². The van der Waals surface area contributed by atoms with E-state index in [-0.39, 0.29) is 0 Å². The monoisotopic (exact) mass is 332 g/mol. The molecule has 0 saturated heterocycles. The van der Waals surface area contributed by atoms with Crippen LogP contribution < -0.4 is 0 Å². The van der Waals surface area contributed by atoms with Crippen LogP contribution in [0.3, 0.4) is 0 Å². The molecule has 0 fully saturated rings. The fraction of sp³-hybridized carbons (Fsp3) is 0. The Morgan fingerprint density at radius 3 is 1.96 bits per heavy atom. The Labute approximate surface area is 153 Å². The molecular weight excluding hydrogens is 316 g/mol. The number of hydrogen-bond acceptors (Lipinski definition) is 1. The van der Waals surface area contributed by atoms with Crippen LogP contribution in [0.5, 0.6) is 0 Å². The molecule has 0 aliphatic rings. The van der Waals surface area contributed by atoms with Gasteiger partial charge in [-0.25, -0.2) is 9.83 Å². The van der Waals surface area contributed by atoms with Gasteiger partial charge < -0.3 is 0 Å². The van der Waals surface area contributed by atoms with Crippen molar-refractivity contribution in [3.05, 3.63) is 108 Å². The molecule has 0 aliphatic heterocycles. The molecule has 1 heterocycles. The van der Waals surface area contributed by atoms with Crippen LogP contribution >= 0.6 is 0 Å². The summed E-state index contributed by atoms with van der Waals surface area (Å²) in [5, 5.41) is 0. The van der Waals surface area contributed by atoms with E-state index in [9.17, 15) is 0 Å². The minimum atomic E-state index is 0.623. The molecule has 0 bridgehead atoms. The van der Waals surface area contributed by atoms with Crippen molar-refractivity contribution in [1.29, 1.82) is 0 Å². The second kappa shape index (κ2) is 7.04. The number of aromatic nitrogens is 1. The second-order valence-corrected chi connectivity index (χ2v) is 5.99. The van der Waals surface area contributed by atoms with Gasteiger partial charge in [0.15, 0.2) is 5.69 Å².